The van der Waals surface area contributed by atoms with Crippen molar-refractivity contribution in [2.24, 2.45) is 0 Å². The highest BCUT2D eigenvalue weighted by Gasteiger charge is 2.18. The number of halogens is 2. The van der Waals surface area contributed by atoms with Crippen LogP contribution in [-0.4, -0.2) is 26.6 Å². The van der Waals surface area contributed by atoms with Gasteiger partial charge in [0.05, 0.1) is 11.9 Å². The number of benzene rings is 1. The number of hydrogen-bond acceptors (Lipinski definition) is 5. The Balaban J connectivity index is 1.76. The second kappa shape index (κ2) is 6.80. The van der Waals surface area contributed by atoms with Crippen LogP contribution in [0.2, 0.25) is 0 Å². The molecule has 0 unspecified atom stereocenters. The van der Waals surface area contributed by atoms with Crippen LogP contribution in [0.5, 0.6) is 0 Å². The fourth-order valence-electron chi connectivity index (χ4n) is 2.91. The zero-order valence-electron chi connectivity index (χ0n) is 13.9. The van der Waals surface area contributed by atoms with Crippen molar-refractivity contribution in [3.8, 4) is 11.1 Å². The van der Waals surface area contributed by atoms with Crippen molar-refractivity contribution in [2.75, 3.05) is 11.9 Å². The Morgan fingerprint density at radius 2 is 1.96 bits per heavy atom. The first-order valence-corrected chi connectivity index (χ1v) is 8.81. The van der Waals surface area contributed by atoms with Gasteiger partial charge < -0.3 is 4.90 Å². The van der Waals surface area contributed by atoms with E-state index in [0.29, 0.717) is 5.82 Å². The summed E-state index contributed by atoms with van der Waals surface area (Å²) in [5.74, 6) is 0.977. The predicted octanol–water partition coefficient (Wildman–Crippen LogP) is 4.59. The third kappa shape index (κ3) is 2.92. The largest absolute Gasteiger partial charge is 0.352 e. The Morgan fingerprint density at radius 3 is 2.73 bits per heavy atom. The van der Waals surface area contributed by atoms with Crippen molar-refractivity contribution in [3.05, 3.63) is 60.3 Å². The zero-order valence-corrected chi connectivity index (χ0v) is 14.7. The molecule has 0 saturated carbocycles. The molecule has 0 aliphatic rings. The lowest BCUT2D eigenvalue weighted by Gasteiger charge is -2.19. The summed E-state index contributed by atoms with van der Waals surface area (Å²) in [7, 11) is 1.82. The molecule has 0 fully saturated rings. The molecule has 0 spiro atoms. The lowest BCUT2D eigenvalue weighted by molar-refractivity contribution is 0.0670. The van der Waals surface area contributed by atoms with Gasteiger partial charge in [-0.05, 0) is 5.56 Å². The monoisotopic (exact) mass is 371 g/mol. The van der Waals surface area contributed by atoms with Crippen molar-refractivity contribution < 1.29 is 8.78 Å². The Morgan fingerprint density at radius 1 is 1.15 bits per heavy atom. The van der Waals surface area contributed by atoms with Crippen LogP contribution in [0.1, 0.15) is 12.4 Å². The molecule has 0 radical (unpaired) electrons. The fourth-order valence-corrected chi connectivity index (χ4v) is 3.82. The van der Waals surface area contributed by atoms with Crippen molar-refractivity contribution in [3.63, 3.8) is 0 Å². The second-order valence-electron chi connectivity index (χ2n) is 5.78. The highest BCUT2D eigenvalue weighted by atomic mass is 32.1. The molecule has 0 amide bonds. The number of aromatic nitrogens is 4. The Bertz CT molecular complexity index is 1030. The molecule has 4 rings (SSSR count). The van der Waals surface area contributed by atoms with Crippen LogP contribution in [0.15, 0.2) is 54.4 Å². The van der Waals surface area contributed by atoms with E-state index in [1.165, 1.54) is 30.1 Å². The first kappa shape index (κ1) is 16.6. The number of anilines is 1. The van der Waals surface area contributed by atoms with Gasteiger partial charge in [0.2, 0.25) is 0 Å². The van der Waals surface area contributed by atoms with E-state index in [0.717, 1.165) is 25.9 Å². The molecule has 8 heteroatoms. The van der Waals surface area contributed by atoms with Gasteiger partial charge in [0.1, 0.15) is 22.8 Å². The standard InChI is InChI=1S/C18H15F2N5S/c1-24(9-14-21-7-8-25(14)18(19)20)16-15-13(12-5-3-2-4-6-12)10-26-17(15)23-11-22-16/h2-8,10-11,18H,9H2,1H3. The number of hydrogen-bond donors (Lipinski definition) is 0. The van der Waals surface area contributed by atoms with Crippen molar-refractivity contribution in [1.82, 2.24) is 19.5 Å². The van der Waals surface area contributed by atoms with Crippen LogP contribution in [-0.2, 0) is 6.54 Å². The summed E-state index contributed by atoms with van der Waals surface area (Å²) in [4.78, 5) is 15.5. The first-order chi connectivity index (χ1) is 12.6. The molecule has 0 aliphatic carbocycles. The minimum Gasteiger partial charge on any atom is -0.352 e. The molecule has 4 aromatic rings. The van der Waals surface area contributed by atoms with Crippen molar-refractivity contribution in [2.45, 2.75) is 13.1 Å². The van der Waals surface area contributed by atoms with Crippen LogP contribution < -0.4 is 4.90 Å². The molecule has 0 atom stereocenters. The maximum absolute atomic E-state index is 13.1. The van der Waals surface area contributed by atoms with Crippen LogP contribution >= 0.6 is 11.3 Å². The lowest BCUT2D eigenvalue weighted by Crippen LogP contribution is -2.21. The van der Waals surface area contributed by atoms with Crippen LogP contribution in [0, 0.1) is 0 Å². The van der Waals surface area contributed by atoms with Gasteiger partial charge in [-0.15, -0.1) is 11.3 Å². The van der Waals surface area contributed by atoms with E-state index in [2.05, 4.69) is 15.0 Å². The zero-order chi connectivity index (χ0) is 18.1. The molecular weight excluding hydrogens is 356 g/mol. The topological polar surface area (TPSA) is 46.8 Å². The molecule has 0 N–H and O–H groups in total. The summed E-state index contributed by atoms with van der Waals surface area (Å²) in [6.45, 7) is -2.40. The van der Waals surface area contributed by atoms with Gasteiger partial charge in [-0.2, -0.15) is 8.78 Å². The summed E-state index contributed by atoms with van der Waals surface area (Å²) in [5.41, 5.74) is 2.10. The van der Waals surface area contributed by atoms with Gasteiger partial charge in [-0.1, -0.05) is 30.3 Å². The highest BCUT2D eigenvalue weighted by Crippen LogP contribution is 2.37. The van der Waals surface area contributed by atoms with Gasteiger partial charge in [0.25, 0.3) is 0 Å². The van der Waals surface area contributed by atoms with Gasteiger partial charge in [-0.25, -0.2) is 15.0 Å². The summed E-state index contributed by atoms with van der Waals surface area (Å²) >= 11 is 1.54. The Hall–Kier alpha value is -2.87. The lowest BCUT2D eigenvalue weighted by atomic mass is 10.1. The quantitative estimate of drug-likeness (QED) is 0.515. The van der Waals surface area contributed by atoms with Crippen LogP contribution in [0.4, 0.5) is 14.6 Å². The Kier molecular flexibility index (Phi) is 4.34. The molecule has 1 aromatic carbocycles. The average Bonchev–Trinajstić information content (AvgIpc) is 3.29. The number of alkyl halides is 2. The number of nitrogens with zero attached hydrogens (tertiary/aromatic N) is 5. The minimum absolute atomic E-state index is 0.216. The molecule has 3 aromatic heterocycles. The SMILES string of the molecule is CN(Cc1nccn1C(F)F)c1ncnc2scc(-c3ccccc3)c12. The van der Waals surface area contributed by atoms with E-state index in [1.54, 1.807) is 0 Å². The molecule has 3 heterocycles. The smallest absolute Gasteiger partial charge is 0.319 e. The van der Waals surface area contributed by atoms with Crippen molar-refractivity contribution >= 4 is 27.4 Å². The maximum Gasteiger partial charge on any atom is 0.319 e. The first-order valence-electron chi connectivity index (χ1n) is 7.93. The number of thiophene rings is 1. The molecule has 5 nitrogen and oxygen atoms in total. The van der Waals surface area contributed by atoms with Crippen molar-refractivity contribution in [1.29, 1.82) is 0 Å². The van der Waals surface area contributed by atoms with E-state index in [9.17, 15) is 8.78 Å². The summed E-state index contributed by atoms with van der Waals surface area (Å²) in [6, 6.07) is 9.98. The summed E-state index contributed by atoms with van der Waals surface area (Å²) < 4.78 is 27.0. The fraction of sp³-hybridized carbons (Fsp3) is 0.167. The van der Waals surface area contributed by atoms with E-state index < -0.39 is 6.55 Å². The molecule has 26 heavy (non-hydrogen) atoms. The highest BCUT2D eigenvalue weighted by molar-refractivity contribution is 7.17. The van der Waals surface area contributed by atoms with E-state index in [4.69, 9.17) is 0 Å². The number of rotatable bonds is 5. The normalized spacial score (nSPS) is 11.4. The van der Waals surface area contributed by atoms with Crippen LogP contribution in [0.25, 0.3) is 21.3 Å². The molecule has 0 aliphatic heterocycles. The van der Waals surface area contributed by atoms with Gasteiger partial charge in [0, 0.05) is 30.4 Å². The third-order valence-electron chi connectivity index (χ3n) is 4.13. The molecule has 0 bridgehead atoms. The molecular formula is C18H15F2N5S. The third-order valence-corrected chi connectivity index (χ3v) is 5.02. The summed E-state index contributed by atoms with van der Waals surface area (Å²) in [5, 5.41) is 2.97. The summed E-state index contributed by atoms with van der Waals surface area (Å²) in [6.07, 6.45) is 4.16. The van der Waals surface area contributed by atoms with E-state index >= 15 is 0 Å². The van der Waals surface area contributed by atoms with Crippen LogP contribution in [0.3, 0.4) is 0 Å². The average molecular weight is 371 g/mol. The number of imidazole rings is 1. The van der Waals surface area contributed by atoms with E-state index in [1.807, 2.05) is 47.7 Å². The van der Waals surface area contributed by atoms with E-state index in [-0.39, 0.29) is 12.4 Å². The van der Waals surface area contributed by atoms with Gasteiger partial charge in [-0.3, -0.25) is 4.57 Å². The van der Waals surface area contributed by atoms with Gasteiger partial charge in [0.15, 0.2) is 0 Å². The second-order valence-corrected chi connectivity index (χ2v) is 6.64. The minimum atomic E-state index is -2.62. The van der Waals surface area contributed by atoms with Gasteiger partial charge >= 0.3 is 6.55 Å². The maximum atomic E-state index is 13.1. The Labute approximate surface area is 152 Å². The molecule has 0 saturated heterocycles. The number of fused-ring (bicyclic) bond motifs is 1. The molecule has 132 valence electrons. The predicted molar refractivity (Wildman–Crippen MR) is 98.4 cm³/mol.